The van der Waals surface area contributed by atoms with Crippen LogP contribution in [-0.4, -0.2) is 37.7 Å². The van der Waals surface area contributed by atoms with Crippen LogP contribution in [0.25, 0.3) is 5.65 Å². The second-order valence-electron chi connectivity index (χ2n) is 5.07. The van der Waals surface area contributed by atoms with Gasteiger partial charge in [-0.05, 0) is 53.2 Å². The van der Waals surface area contributed by atoms with Crippen LogP contribution in [0.2, 0.25) is 0 Å². The first-order valence-electron chi connectivity index (χ1n) is 7.02. The van der Waals surface area contributed by atoms with E-state index in [1.165, 1.54) is 4.63 Å². The number of rotatable bonds is 3. The van der Waals surface area contributed by atoms with Gasteiger partial charge >= 0.3 is 0 Å². The van der Waals surface area contributed by atoms with Crippen molar-refractivity contribution in [2.75, 3.05) is 16.8 Å². The van der Waals surface area contributed by atoms with Crippen molar-refractivity contribution in [3.05, 3.63) is 36.4 Å². The Labute approximate surface area is 125 Å². The zero-order valence-corrected chi connectivity index (χ0v) is 11.7. The molecule has 2 aromatic heterocycles. The van der Waals surface area contributed by atoms with E-state index in [0.29, 0.717) is 17.9 Å². The third kappa shape index (κ3) is 2.24. The Hall–Kier alpha value is -3.03. The number of tetrazole rings is 1. The normalized spacial score (nSPS) is 14.7. The lowest BCUT2D eigenvalue weighted by molar-refractivity contribution is -0.117. The molecule has 1 aliphatic heterocycles. The second kappa shape index (κ2) is 5.06. The van der Waals surface area contributed by atoms with Crippen LogP contribution in [0.3, 0.4) is 0 Å². The van der Waals surface area contributed by atoms with Crippen molar-refractivity contribution in [2.24, 2.45) is 0 Å². The molecule has 1 aliphatic rings. The summed E-state index contributed by atoms with van der Waals surface area (Å²) >= 11 is 0. The van der Waals surface area contributed by atoms with Gasteiger partial charge < -0.3 is 10.2 Å². The van der Waals surface area contributed by atoms with Gasteiger partial charge in [-0.1, -0.05) is 0 Å². The number of nitrogens with zero attached hydrogens (tertiary/aromatic N) is 6. The summed E-state index contributed by atoms with van der Waals surface area (Å²) in [6, 6.07) is 11.3. The van der Waals surface area contributed by atoms with Gasteiger partial charge in [-0.25, -0.2) is 0 Å². The molecule has 0 radical (unpaired) electrons. The highest BCUT2D eigenvalue weighted by Gasteiger charge is 2.21. The summed E-state index contributed by atoms with van der Waals surface area (Å²) in [6.45, 7) is 0.795. The molecule has 1 aromatic carbocycles. The first kappa shape index (κ1) is 12.7. The molecule has 4 rings (SSSR count). The van der Waals surface area contributed by atoms with Crippen LogP contribution in [0.4, 0.5) is 17.2 Å². The molecule has 8 nitrogen and oxygen atoms in total. The maximum Gasteiger partial charge on any atom is 0.227 e. The van der Waals surface area contributed by atoms with Gasteiger partial charge in [-0.15, -0.1) is 14.8 Å². The average Bonchev–Trinajstić information content (AvgIpc) is 3.16. The predicted molar refractivity (Wildman–Crippen MR) is 79.9 cm³/mol. The monoisotopic (exact) mass is 295 g/mol. The lowest BCUT2D eigenvalue weighted by Gasteiger charge is -2.16. The highest BCUT2D eigenvalue weighted by molar-refractivity contribution is 5.95. The van der Waals surface area contributed by atoms with Crippen LogP contribution in [0.1, 0.15) is 12.8 Å². The molecule has 0 saturated carbocycles. The Bertz CT molecular complexity index is 827. The molecular weight excluding hydrogens is 282 g/mol. The fourth-order valence-electron chi connectivity index (χ4n) is 2.51. The van der Waals surface area contributed by atoms with Gasteiger partial charge in [0.1, 0.15) is 0 Å². The van der Waals surface area contributed by atoms with Crippen molar-refractivity contribution in [3.8, 4) is 0 Å². The van der Waals surface area contributed by atoms with Gasteiger partial charge in [0.2, 0.25) is 5.91 Å². The van der Waals surface area contributed by atoms with E-state index in [9.17, 15) is 4.79 Å². The lowest BCUT2D eigenvalue weighted by atomic mass is 10.2. The number of carbonyl (C=O) groups excluding carboxylic acids is 1. The number of nitrogens with one attached hydrogen (secondary N) is 1. The van der Waals surface area contributed by atoms with E-state index < -0.39 is 0 Å². The summed E-state index contributed by atoms with van der Waals surface area (Å²) in [6.07, 6.45) is 1.56. The zero-order valence-electron chi connectivity index (χ0n) is 11.7. The third-order valence-corrected chi connectivity index (χ3v) is 3.59. The van der Waals surface area contributed by atoms with Gasteiger partial charge in [0.25, 0.3) is 0 Å². The Morgan fingerprint density at radius 1 is 1.09 bits per heavy atom. The molecule has 1 fully saturated rings. The largest absolute Gasteiger partial charge is 0.339 e. The first-order valence-corrected chi connectivity index (χ1v) is 7.02. The smallest absolute Gasteiger partial charge is 0.227 e. The van der Waals surface area contributed by atoms with Gasteiger partial charge in [-0.2, -0.15) is 0 Å². The summed E-state index contributed by atoms with van der Waals surface area (Å²) < 4.78 is 1.36. The fourth-order valence-corrected chi connectivity index (χ4v) is 2.51. The van der Waals surface area contributed by atoms with Crippen molar-refractivity contribution in [3.63, 3.8) is 0 Å². The second-order valence-corrected chi connectivity index (χ2v) is 5.07. The van der Waals surface area contributed by atoms with Gasteiger partial charge in [-0.3, -0.25) is 4.79 Å². The van der Waals surface area contributed by atoms with E-state index in [4.69, 9.17) is 0 Å². The van der Waals surface area contributed by atoms with Crippen LogP contribution < -0.4 is 10.2 Å². The molecule has 1 amide bonds. The summed E-state index contributed by atoms with van der Waals surface area (Å²) in [4.78, 5) is 13.5. The number of benzene rings is 1. The van der Waals surface area contributed by atoms with Crippen LogP contribution in [0, 0.1) is 0 Å². The van der Waals surface area contributed by atoms with Crippen LogP contribution in [0.5, 0.6) is 0 Å². The highest BCUT2D eigenvalue weighted by Crippen LogP contribution is 2.24. The number of amides is 1. The predicted octanol–water partition coefficient (Wildman–Crippen LogP) is 1.39. The van der Waals surface area contributed by atoms with Gasteiger partial charge in [0.05, 0.1) is 0 Å². The van der Waals surface area contributed by atoms with E-state index in [1.807, 2.05) is 35.2 Å². The molecule has 1 N–H and O–H groups in total. The van der Waals surface area contributed by atoms with E-state index >= 15 is 0 Å². The van der Waals surface area contributed by atoms with Gasteiger partial charge in [0, 0.05) is 24.3 Å². The van der Waals surface area contributed by atoms with Gasteiger partial charge in [0.15, 0.2) is 11.5 Å². The molecule has 3 aromatic rings. The van der Waals surface area contributed by atoms with Crippen molar-refractivity contribution in [1.82, 2.24) is 25.3 Å². The SMILES string of the molecule is O=C1CCCN1c1ccc(Nc2ccc3nnnn3n2)cc1. The summed E-state index contributed by atoms with van der Waals surface area (Å²) in [5.74, 6) is 0.830. The quantitative estimate of drug-likeness (QED) is 0.785. The number of fused-ring (bicyclic) bond motifs is 1. The fraction of sp³-hybridized carbons (Fsp3) is 0.214. The molecule has 0 aliphatic carbocycles. The molecule has 0 spiro atoms. The van der Waals surface area contributed by atoms with Crippen molar-refractivity contribution >= 4 is 28.7 Å². The number of hydrogen-bond acceptors (Lipinski definition) is 6. The van der Waals surface area contributed by atoms with E-state index in [1.54, 1.807) is 6.07 Å². The standard InChI is InChI=1S/C14H13N7O/c22-14-2-1-9-20(14)11-5-3-10(4-6-11)15-12-7-8-13-16-18-19-21(13)17-12/h3-8H,1-2,9H2,(H,15,17). The number of anilines is 3. The molecule has 1 saturated heterocycles. The minimum atomic E-state index is 0.187. The Morgan fingerprint density at radius 3 is 2.73 bits per heavy atom. The molecule has 0 atom stereocenters. The maximum absolute atomic E-state index is 11.7. The summed E-state index contributed by atoms with van der Waals surface area (Å²) in [5, 5.41) is 18.5. The maximum atomic E-state index is 11.7. The molecule has 8 heteroatoms. The Kier molecular flexibility index (Phi) is 2.92. The van der Waals surface area contributed by atoms with Crippen LogP contribution >= 0.6 is 0 Å². The zero-order chi connectivity index (χ0) is 14.9. The van der Waals surface area contributed by atoms with Crippen molar-refractivity contribution in [1.29, 1.82) is 0 Å². The minimum Gasteiger partial charge on any atom is -0.339 e. The molecule has 22 heavy (non-hydrogen) atoms. The highest BCUT2D eigenvalue weighted by atomic mass is 16.2. The summed E-state index contributed by atoms with van der Waals surface area (Å²) in [5.41, 5.74) is 2.40. The lowest BCUT2D eigenvalue weighted by Crippen LogP contribution is -2.23. The molecule has 0 bridgehead atoms. The average molecular weight is 295 g/mol. The first-order chi connectivity index (χ1) is 10.8. The number of carbonyl (C=O) groups is 1. The Balaban J connectivity index is 1.54. The number of hydrogen-bond donors (Lipinski definition) is 1. The van der Waals surface area contributed by atoms with Crippen molar-refractivity contribution < 1.29 is 4.79 Å². The minimum absolute atomic E-state index is 0.187. The molecular formula is C14H13N7O. The summed E-state index contributed by atoms with van der Waals surface area (Å²) in [7, 11) is 0. The van der Waals surface area contributed by atoms with E-state index in [-0.39, 0.29) is 5.91 Å². The topological polar surface area (TPSA) is 88.3 Å². The Morgan fingerprint density at radius 2 is 1.95 bits per heavy atom. The molecule has 110 valence electrons. The van der Waals surface area contributed by atoms with E-state index in [2.05, 4.69) is 25.9 Å². The number of aromatic nitrogens is 5. The molecule has 3 heterocycles. The van der Waals surface area contributed by atoms with E-state index in [0.717, 1.165) is 24.3 Å². The molecule has 0 unspecified atom stereocenters. The van der Waals surface area contributed by atoms with Crippen LogP contribution in [-0.2, 0) is 4.79 Å². The van der Waals surface area contributed by atoms with Crippen molar-refractivity contribution in [2.45, 2.75) is 12.8 Å². The van der Waals surface area contributed by atoms with Crippen LogP contribution in [0.15, 0.2) is 36.4 Å². The third-order valence-electron chi connectivity index (χ3n) is 3.59.